The van der Waals surface area contributed by atoms with Crippen molar-refractivity contribution in [3.63, 3.8) is 0 Å². The number of carbonyl (C=O) groups is 1. The predicted octanol–water partition coefficient (Wildman–Crippen LogP) is -0.179. The van der Waals surface area contributed by atoms with E-state index in [9.17, 15) is 4.79 Å². The molecule has 6 nitrogen and oxygen atoms in total. The number of amides is 1. The number of fused-ring (bicyclic) bond motifs is 1. The van der Waals surface area contributed by atoms with E-state index in [0.717, 1.165) is 11.1 Å². The van der Waals surface area contributed by atoms with Crippen LogP contribution in [0.1, 0.15) is 16.1 Å². The minimum absolute atomic E-state index is 0. The van der Waals surface area contributed by atoms with Crippen molar-refractivity contribution in [2.75, 3.05) is 0 Å². The Labute approximate surface area is 108 Å². The molecule has 0 saturated heterocycles. The summed E-state index contributed by atoms with van der Waals surface area (Å²) in [5, 5.41) is 1.33. The normalized spacial score (nSPS) is 8.78. The molecule has 7 heteroatoms. The first-order valence-electron chi connectivity index (χ1n) is 4.44. The minimum atomic E-state index is -0.451. The number of pyridine rings is 1. The van der Waals surface area contributed by atoms with Crippen molar-refractivity contribution in [3.05, 3.63) is 40.5 Å². The van der Waals surface area contributed by atoms with Crippen molar-refractivity contribution in [2.24, 2.45) is 5.73 Å². The Bertz CT molecular complexity index is 555. The zero-order valence-corrected chi connectivity index (χ0v) is 10.4. The fourth-order valence-corrected chi connectivity index (χ4v) is 1.70. The molecular weight excluding hydrogens is 260 g/mol. The molecule has 0 aliphatic heterocycles. The van der Waals surface area contributed by atoms with Gasteiger partial charge in [-0.15, -0.1) is 0 Å². The number of hydrogen-bond acceptors (Lipinski definition) is 2. The van der Waals surface area contributed by atoms with Gasteiger partial charge in [0.15, 0.2) is 0 Å². The second kappa shape index (κ2) is 6.87. The van der Waals surface area contributed by atoms with Crippen LogP contribution in [0.25, 0.3) is 10.9 Å². The molecule has 0 aliphatic carbocycles. The number of halogens is 1. The molecule has 0 radical (unpaired) electrons. The van der Waals surface area contributed by atoms with Crippen molar-refractivity contribution in [3.8, 4) is 0 Å². The fraction of sp³-hybridized carbons (Fsp3) is 0.0909. The van der Waals surface area contributed by atoms with Gasteiger partial charge in [0.2, 0.25) is 5.91 Å². The van der Waals surface area contributed by atoms with Gasteiger partial charge in [0.05, 0.1) is 11.1 Å². The van der Waals surface area contributed by atoms with E-state index in [0.29, 0.717) is 16.1 Å². The van der Waals surface area contributed by atoms with Crippen LogP contribution in [0.15, 0.2) is 24.3 Å². The number of aromatic nitrogens is 1. The Hall–Kier alpha value is -1.73. The zero-order chi connectivity index (χ0) is 11.0. The van der Waals surface area contributed by atoms with E-state index < -0.39 is 5.91 Å². The van der Waals surface area contributed by atoms with Crippen LogP contribution >= 0.6 is 11.6 Å². The monoisotopic (exact) mass is 274 g/mol. The van der Waals surface area contributed by atoms with Crippen LogP contribution in [0.2, 0.25) is 5.02 Å². The first-order chi connectivity index (χ1) is 7.08. The lowest BCUT2D eigenvalue weighted by atomic mass is 10.1. The van der Waals surface area contributed by atoms with Gasteiger partial charge in [-0.2, -0.15) is 0 Å². The molecule has 18 heavy (non-hydrogen) atoms. The summed E-state index contributed by atoms with van der Waals surface area (Å²) < 4.78 is 0. The van der Waals surface area contributed by atoms with Crippen LogP contribution in [0, 0.1) is 6.92 Å². The molecule has 0 unspecified atom stereocenters. The molecule has 1 heterocycles. The van der Waals surface area contributed by atoms with E-state index in [2.05, 4.69) is 4.98 Å². The second-order valence-corrected chi connectivity index (χ2v) is 3.77. The highest BCUT2D eigenvalue weighted by molar-refractivity contribution is 6.31. The summed E-state index contributed by atoms with van der Waals surface area (Å²) in [6.07, 6.45) is 0. The summed E-state index contributed by atoms with van der Waals surface area (Å²) in [6.45, 7) is 1.81. The molecule has 8 N–H and O–H groups in total. The summed E-state index contributed by atoms with van der Waals surface area (Å²) >= 11 is 5.85. The molecule has 0 atom stereocenters. The fourth-order valence-electron chi connectivity index (χ4n) is 1.54. The van der Waals surface area contributed by atoms with Crippen molar-refractivity contribution < 1.29 is 21.2 Å². The summed E-state index contributed by atoms with van der Waals surface area (Å²) in [6, 6.07) is 6.87. The standard InChI is InChI=1S/C11H9ClN2O.3H2O/c1-6-4-9(11(13)15)8-3-2-7(12)5-10(8)14-6;;;/h2-5H,1H3,(H2,13,15);3*1H2. The SMILES string of the molecule is Cc1cc(C(N)=O)c2ccc(Cl)cc2n1.O.O.O. The average Bonchev–Trinajstić information content (AvgIpc) is 2.15. The first kappa shape index (κ1) is 18.6. The quantitative estimate of drug-likeness (QED) is 0.767. The molecular formula is C11H15ClN2O4. The van der Waals surface area contributed by atoms with Crippen LogP contribution in [-0.2, 0) is 0 Å². The number of hydrogen-bond donors (Lipinski definition) is 1. The minimum Gasteiger partial charge on any atom is -0.412 e. The van der Waals surface area contributed by atoms with Crippen molar-refractivity contribution in [1.29, 1.82) is 0 Å². The predicted molar refractivity (Wildman–Crippen MR) is 70.8 cm³/mol. The number of nitrogens with zero attached hydrogens (tertiary/aromatic N) is 1. The lowest BCUT2D eigenvalue weighted by Gasteiger charge is -2.04. The molecule has 1 aromatic carbocycles. The lowest BCUT2D eigenvalue weighted by Crippen LogP contribution is -2.12. The number of carbonyl (C=O) groups excluding carboxylic acids is 1. The number of aryl methyl sites for hydroxylation is 1. The Balaban J connectivity index is 0. The summed E-state index contributed by atoms with van der Waals surface area (Å²) in [5.74, 6) is -0.451. The van der Waals surface area contributed by atoms with Gasteiger partial charge < -0.3 is 22.2 Å². The maximum atomic E-state index is 11.2. The number of primary amides is 1. The Morgan fingerprint density at radius 3 is 2.39 bits per heavy atom. The molecule has 2 rings (SSSR count). The molecule has 0 bridgehead atoms. The smallest absolute Gasteiger partial charge is 0.249 e. The molecule has 100 valence electrons. The van der Waals surface area contributed by atoms with Gasteiger partial charge in [-0.3, -0.25) is 9.78 Å². The highest BCUT2D eigenvalue weighted by Crippen LogP contribution is 2.21. The maximum absolute atomic E-state index is 11.2. The van der Waals surface area contributed by atoms with E-state index >= 15 is 0 Å². The van der Waals surface area contributed by atoms with Gasteiger partial charge in [0, 0.05) is 16.1 Å². The van der Waals surface area contributed by atoms with Gasteiger partial charge in [0.1, 0.15) is 0 Å². The second-order valence-electron chi connectivity index (χ2n) is 3.34. The van der Waals surface area contributed by atoms with Gasteiger partial charge in [0.25, 0.3) is 0 Å². The molecule has 1 aromatic heterocycles. The highest BCUT2D eigenvalue weighted by atomic mass is 35.5. The van der Waals surface area contributed by atoms with Gasteiger partial charge in [-0.1, -0.05) is 17.7 Å². The molecule has 0 spiro atoms. The zero-order valence-electron chi connectivity index (χ0n) is 9.62. The first-order valence-corrected chi connectivity index (χ1v) is 4.82. The van der Waals surface area contributed by atoms with Crippen molar-refractivity contribution in [2.45, 2.75) is 6.92 Å². The van der Waals surface area contributed by atoms with Crippen molar-refractivity contribution >= 4 is 28.4 Å². The largest absolute Gasteiger partial charge is 0.412 e. The van der Waals surface area contributed by atoms with Gasteiger partial charge in [-0.05, 0) is 25.1 Å². The van der Waals surface area contributed by atoms with E-state index in [-0.39, 0.29) is 16.4 Å². The number of benzene rings is 1. The molecule has 0 fully saturated rings. The Morgan fingerprint density at radius 2 is 1.83 bits per heavy atom. The Kier molecular flexibility index (Phi) is 7.11. The van der Waals surface area contributed by atoms with E-state index in [1.807, 2.05) is 6.92 Å². The summed E-state index contributed by atoms with van der Waals surface area (Å²) in [4.78, 5) is 15.5. The highest BCUT2D eigenvalue weighted by Gasteiger charge is 2.08. The number of rotatable bonds is 1. The third-order valence-corrected chi connectivity index (χ3v) is 2.40. The van der Waals surface area contributed by atoms with Crippen LogP contribution in [0.5, 0.6) is 0 Å². The summed E-state index contributed by atoms with van der Waals surface area (Å²) in [7, 11) is 0. The number of nitrogens with two attached hydrogens (primary N) is 1. The average molecular weight is 275 g/mol. The van der Waals surface area contributed by atoms with E-state index in [1.165, 1.54) is 0 Å². The van der Waals surface area contributed by atoms with Gasteiger partial charge >= 0.3 is 0 Å². The van der Waals surface area contributed by atoms with Crippen LogP contribution in [0.4, 0.5) is 0 Å². The molecule has 1 amide bonds. The van der Waals surface area contributed by atoms with Crippen LogP contribution in [-0.4, -0.2) is 27.3 Å². The van der Waals surface area contributed by atoms with E-state index in [1.54, 1.807) is 24.3 Å². The van der Waals surface area contributed by atoms with Crippen LogP contribution in [0.3, 0.4) is 0 Å². The molecule has 2 aromatic rings. The molecule has 0 aliphatic rings. The van der Waals surface area contributed by atoms with E-state index in [4.69, 9.17) is 17.3 Å². The maximum Gasteiger partial charge on any atom is 0.249 e. The van der Waals surface area contributed by atoms with Crippen LogP contribution < -0.4 is 5.73 Å². The Morgan fingerprint density at radius 1 is 1.22 bits per heavy atom. The third kappa shape index (κ3) is 3.38. The summed E-state index contributed by atoms with van der Waals surface area (Å²) in [5.41, 5.74) is 7.21. The third-order valence-electron chi connectivity index (χ3n) is 2.17. The lowest BCUT2D eigenvalue weighted by molar-refractivity contribution is 0.100. The van der Waals surface area contributed by atoms with Crippen molar-refractivity contribution in [1.82, 2.24) is 4.98 Å². The molecule has 0 saturated carbocycles. The topological polar surface area (TPSA) is 150 Å². The van der Waals surface area contributed by atoms with Gasteiger partial charge in [-0.25, -0.2) is 0 Å².